The Morgan fingerprint density at radius 2 is 1.66 bits per heavy atom. The van der Waals surface area contributed by atoms with E-state index in [0.717, 1.165) is 17.2 Å². The lowest BCUT2D eigenvalue weighted by atomic mass is 10.1. The summed E-state index contributed by atoms with van der Waals surface area (Å²) >= 11 is 0. The molecular formula is C24H22N2O8S. The number of nitro groups is 1. The van der Waals surface area contributed by atoms with Crippen molar-refractivity contribution in [3.63, 3.8) is 0 Å². The predicted molar refractivity (Wildman–Crippen MR) is 125 cm³/mol. The molecule has 0 aromatic heterocycles. The second kappa shape index (κ2) is 10.8. The molecule has 0 spiro atoms. The van der Waals surface area contributed by atoms with Gasteiger partial charge in [-0.2, -0.15) is 8.42 Å². The summed E-state index contributed by atoms with van der Waals surface area (Å²) in [6.45, 7) is 3.22. The first kappa shape index (κ1) is 25.4. The van der Waals surface area contributed by atoms with Crippen molar-refractivity contribution in [2.24, 2.45) is 0 Å². The normalized spacial score (nSPS) is 10.9. The molecule has 0 fully saturated rings. The zero-order chi connectivity index (χ0) is 25.6. The molecule has 182 valence electrons. The third-order valence-electron chi connectivity index (χ3n) is 5.02. The van der Waals surface area contributed by atoms with Crippen LogP contribution < -0.4 is 9.50 Å². The first-order valence-corrected chi connectivity index (χ1v) is 11.8. The average Bonchev–Trinajstić information content (AvgIpc) is 2.82. The Morgan fingerprint density at radius 3 is 2.31 bits per heavy atom. The molecule has 1 amide bonds. The quantitative estimate of drug-likeness (QED) is 0.205. The molecule has 0 bridgehead atoms. The van der Waals surface area contributed by atoms with E-state index in [0.29, 0.717) is 6.54 Å². The van der Waals surface area contributed by atoms with Crippen molar-refractivity contribution in [2.45, 2.75) is 25.3 Å². The highest BCUT2D eigenvalue weighted by Crippen LogP contribution is 2.25. The van der Waals surface area contributed by atoms with Gasteiger partial charge in [-0.3, -0.25) is 14.9 Å². The van der Waals surface area contributed by atoms with E-state index in [1.54, 1.807) is 0 Å². The van der Waals surface area contributed by atoms with Gasteiger partial charge in [0.15, 0.2) is 6.61 Å². The summed E-state index contributed by atoms with van der Waals surface area (Å²) in [6, 6.07) is 16.0. The molecule has 0 heterocycles. The van der Waals surface area contributed by atoms with Crippen LogP contribution in [-0.2, 0) is 26.2 Å². The molecular weight excluding hydrogens is 476 g/mol. The van der Waals surface area contributed by atoms with Crippen LogP contribution in [0.3, 0.4) is 0 Å². The van der Waals surface area contributed by atoms with Gasteiger partial charge in [0.1, 0.15) is 10.6 Å². The molecule has 0 aliphatic heterocycles. The smallest absolute Gasteiger partial charge is 0.339 e. The van der Waals surface area contributed by atoms with Gasteiger partial charge in [-0.05, 0) is 54.8 Å². The van der Waals surface area contributed by atoms with Gasteiger partial charge in [0, 0.05) is 18.7 Å². The Morgan fingerprint density at radius 1 is 0.971 bits per heavy atom. The number of amides is 1. The zero-order valence-corrected chi connectivity index (χ0v) is 19.7. The maximum absolute atomic E-state index is 12.6. The van der Waals surface area contributed by atoms with Crippen LogP contribution >= 0.6 is 0 Å². The van der Waals surface area contributed by atoms with E-state index < -0.39 is 33.5 Å². The van der Waals surface area contributed by atoms with Gasteiger partial charge in [-0.15, -0.1) is 0 Å². The van der Waals surface area contributed by atoms with Crippen molar-refractivity contribution >= 4 is 27.7 Å². The van der Waals surface area contributed by atoms with Gasteiger partial charge in [0.2, 0.25) is 0 Å². The lowest BCUT2D eigenvalue weighted by Gasteiger charge is -2.10. The molecule has 3 aromatic rings. The van der Waals surface area contributed by atoms with Crippen molar-refractivity contribution in [3.8, 4) is 5.75 Å². The zero-order valence-electron chi connectivity index (χ0n) is 18.9. The number of benzene rings is 3. The fourth-order valence-corrected chi connectivity index (χ4v) is 4.24. The standard InChI is InChI=1S/C24H22N2O8S/c1-16-5-3-4-6-19(16)14-25-23(27)15-33-24(28)18-8-11-21(12-9-18)34-35(31,32)22-13-20(26(29)30)10-7-17(22)2/h3-13H,14-15H2,1-2H3,(H,25,27). The van der Waals surface area contributed by atoms with Crippen LogP contribution in [0.5, 0.6) is 5.75 Å². The minimum absolute atomic E-state index is 0.0768. The van der Waals surface area contributed by atoms with E-state index in [-0.39, 0.29) is 27.5 Å². The van der Waals surface area contributed by atoms with Gasteiger partial charge in [0.05, 0.1) is 10.5 Å². The van der Waals surface area contributed by atoms with Crippen molar-refractivity contribution in [1.82, 2.24) is 5.32 Å². The number of rotatable bonds is 9. The fourth-order valence-electron chi connectivity index (χ4n) is 3.06. The third-order valence-corrected chi connectivity index (χ3v) is 6.41. The summed E-state index contributed by atoms with van der Waals surface area (Å²) in [6.07, 6.45) is 0. The van der Waals surface area contributed by atoms with Crippen LogP contribution in [0.25, 0.3) is 0 Å². The van der Waals surface area contributed by atoms with Gasteiger partial charge in [-0.25, -0.2) is 4.79 Å². The summed E-state index contributed by atoms with van der Waals surface area (Å²) in [5, 5.41) is 13.6. The van der Waals surface area contributed by atoms with Crippen LogP contribution in [-0.4, -0.2) is 31.8 Å². The molecule has 3 rings (SSSR count). The number of carbonyl (C=O) groups excluding carboxylic acids is 2. The highest BCUT2D eigenvalue weighted by molar-refractivity contribution is 7.87. The summed E-state index contributed by atoms with van der Waals surface area (Å²) in [7, 11) is -4.36. The number of nitro benzene ring substituents is 1. The predicted octanol–water partition coefficient (Wildman–Crippen LogP) is 3.45. The summed E-state index contributed by atoms with van der Waals surface area (Å²) < 4.78 is 35.2. The van der Waals surface area contributed by atoms with E-state index in [1.807, 2.05) is 31.2 Å². The Hall–Kier alpha value is -4.25. The van der Waals surface area contributed by atoms with Gasteiger partial charge >= 0.3 is 16.1 Å². The molecule has 35 heavy (non-hydrogen) atoms. The van der Waals surface area contributed by atoms with E-state index >= 15 is 0 Å². The Labute approximate surface area is 201 Å². The number of ether oxygens (including phenoxy) is 1. The number of nitrogens with one attached hydrogen (secondary N) is 1. The second-order valence-electron chi connectivity index (χ2n) is 7.55. The first-order chi connectivity index (χ1) is 16.6. The Kier molecular flexibility index (Phi) is 7.82. The number of non-ortho nitro benzene ring substituents is 1. The lowest BCUT2D eigenvalue weighted by molar-refractivity contribution is -0.385. The Balaban J connectivity index is 1.58. The molecule has 0 atom stereocenters. The molecule has 0 radical (unpaired) electrons. The molecule has 1 N–H and O–H groups in total. The monoisotopic (exact) mass is 498 g/mol. The third kappa shape index (κ3) is 6.64. The molecule has 0 aliphatic carbocycles. The van der Waals surface area contributed by atoms with Gasteiger partial charge in [0.25, 0.3) is 11.6 Å². The topological polar surface area (TPSA) is 142 Å². The van der Waals surface area contributed by atoms with Crippen molar-refractivity contribution in [2.75, 3.05) is 6.61 Å². The second-order valence-corrected chi connectivity index (χ2v) is 9.06. The molecule has 0 saturated carbocycles. The molecule has 3 aromatic carbocycles. The number of esters is 1. The van der Waals surface area contributed by atoms with Crippen molar-refractivity contribution in [3.05, 3.63) is 99.1 Å². The number of carbonyl (C=O) groups is 2. The van der Waals surface area contributed by atoms with Gasteiger partial charge in [-0.1, -0.05) is 30.3 Å². The summed E-state index contributed by atoms with van der Waals surface area (Å²) in [5.74, 6) is -1.36. The number of nitrogens with zero attached hydrogens (tertiary/aromatic N) is 1. The van der Waals surface area contributed by atoms with Crippen LogP contribution in [0.2, 0.25) is 0 Å². The molecule has 0 saturated heterocycles. The minimum atomic E-state index is -4.36. The van der Waals surface area contributed by atoms with Crippen molar-refractivity contribution in [1.29, 1.82) is 0 Å². The molecule has 11 heteroatoms. The van der Waals surface area contributed by atoms with E-state index in [2.05, 4.69) is 5.32 Å². The fraction of sp³-hybridized carbons (Fsp3) is 0.167. The van der Waals surface area contributed by atoms with E-state index in [4.69, 9.17) is 8.92 Å². The SMILES string of the molecule is Cc1ccccc1CNC(=O)COC(=O)c1ccc(OS(=O)(=O)c2cc([N+](=O)[O-])ccc2C)cc1. The lowest BCUT2D eigenvalue weighted by Crippen LogP contribution is -2.28. The minimum Gasteiger partial charge on any atom is -0.452 e. The highest BCUT2D eigenvalue weighted by Gasteiger charge is 2.23. The number of aryl methyl sites for hydroxylation is 2. The molecule has 0 aliphatic rings. The van der Waals surface area contributed by atoms with E-state index in [1.165, 1.54) is 43.3 Å². The van der Waals surface area contributed by atoms with Crippen LogP contribution in [0, 0.1) is 24.0 Å². The van der Waals surface area contributed by atoms with Crippen LogP contribution in [0.1, 0.15) is 27.0 Å². The molecule has 0 unspecified atom stereocenters. The molecule has 10 nitrogen and oxygen atoms in total. The summed E-state index contributed by atoms with van der Waals surface area (Å²) in [4.78, 5) is 34.1. The van der Waals surface area contributed by atoms with E-state index in [9.17, 15) is 28.1 Å². The number of hydrogen-bond acceptors (Lipinski definition) is 8. The average molecular weight is 499 g/mol. The first-order valence-electron chi connectivity index (χ1n) is 10.3. The van der Waals surface area contributed by atoms with Crippen LogP contribution in [0.15, 0.2) is 71.6 Å². The van der Waals surface area contributed by atoms with Crippen molar-refractivity contribution < 1.29 is 31.9 Å². The largest absolute Gasteiger partial charge is 0.452 e. The Bertz CT molecular complexity index is 1370. The van der Waals surface area contributed by atoms with Crippen LogP contribution in [0.4, 0.5) is 5.69 Å². The highest BCUT2D eigenvalue weighted by atomic mass is 32.2. The maximum Gasteiger partial charge on any atom is 0.339 e. The number of hydrogen-bond donors (Lipinski definition) is 1. The van der Waals surface area contributed by atoms with Gasteiger partial charge < -0.3 is 14.2 Å². The summed E-state index contributed by atoms with van der Waals surface area (Å²) in [5.41, 5.74) is 1.93. The maximum atomic E-state index is 12.6.